The molecule has 1 N–H and O–H groups in total. The Morgan fingerprint density at radius 2 is 1.87 bits per heavy atom. The molecule has 0 spiro atoms. The fourth-order valence-electron chi connectivity index (χ4n) is 2.88. The Balaban J connectivity index is 1.84. The fraction of sp³-hybridized carbons (Fsp3) is 0.400. The number of thiazole rings is 1. The first-order chi connectivity index (χ1) is 14.3. The highest BCUT2D eigenvalue weighted by atomic mass is 79.9. The van der Waals surface area contributed by atoms with E-state index in [1.807, 2.05) is 13.8 Å². The monoisotopic (exact) mass is 513 g/mol. The van der Waals surface area contributed by atoms with Crippen molar-refractivity contribution in [2.45, 2.75) is 44.4 Å². The van der Waals surface area contributed by atoms with Crippen molar-refractivity contribution in [1.82, 2.24) is 9.29 Å². The van der Waals surface area contributed by atoms with Crippen molar-refractivity contribution in [2.24, 2.45) is 0 Å². The van der Waals surface area contributed by atoms with Crippen LogP contribution in [-0.2, 0) is 10.0 Å². The molecule has 162 valence electrons. The molecular formula is C20H24BrN3O4S2. The van der Waals surface area contributed by atoms with E-state index in [0.29, 0.717) is 33.1 Å². The number of carbonyl (C=O) groups is 1. The maximum absolute atomic E-state index is 13.2. The summed E-state index contributed by atoms with van der Waals surface area (Å²) in [6.07, 6.45) is 3.51. The maximum atomic E-state index is 13.2. The Hall–Kier alpha value is -1.75. The Morgan fingerprint density at radius 1 is 1.17 bits per heavy atom. The number of nitrogens with zero attached hydrogens (tertiary/aromatic N) is 2. The van der Waals surface area contributed by atoms with Gasteiger partial charge in [0.15, 0.2) is 15.6 Å². The minimum atomic E-state index is -3.59. The van der Waals surface area contributed by atoms with Crippen LogP contribution in [0.5, 0.6) is 0 Å². The lowest BCUT2D eigenvalue weighted by molar-refractivity contribution is 0.0995. The summed E-state index contributed by atoms with van der Waals surface area (Å²) in [4.78, 5) is 16.9. The van der Waals surface area contributed by atoms with Crippen molar-refractivity contribution < 1.29 is 17.6 Å². The van der Waals surface area contributed by atoms with Gasteiger partial charge in [0.05, 0.1) is 15.1 Å². The minimum Gasteiger partial charge on any atom is -0.444 e. The number of amides is 1. The zero-order valence-corrected chi connectivity index (χ0v) is 20.1. The third kappa shape index (κ3) is 5.29. The van der Waals surface area contributed by atoms with Crippen molar-refractivity contribution in [1.29, 1.82) is 0 Å². The number of aromatic nitrogens is 1. The van der Waals surface area contributed by atoms with E-state index < -0.39 is 15.9 Å². The normalized spacial score (nSPS) is 12.0. The lowest BCUT2D eigenvalue weighted by Crippen LogP contribution is -2.33. The third-order valence-corrected chi connectivity index (χ3v) is 7.79. The third-order valence-electron chi connectivity index (χ3n) is 4.54. The number of rotatable bonds is 10. The SMILES string of the molecule is CCCCN(CCCC)S(=O)(=O)c1ccc2nc(NC(=O)c3ccc(Br)o3)sc2c1. The molecule has 0 fully saturated rings. The van der Waals surface area contributed by atoms with Gasteiger partial charge in [-0.15, -0.1) is 0 Å². The second kappa shape index (κ2) is 10.0. The predicted molar refractivity (Wildman–Crippen MR) is 123 cm³/mol. The van der Waals surface area contributed by atoms with Gasteiger partial charge in [-0.25, -0.2) is 13.4 Å². The molecule has 0 radical (unpaired) electrons. The van der Waals surface area contributed by atoms with Gasteiger partial charge in [0.25, 0.3) is 5.91 Å². The number of hydrogen-bond donors (Lipinski definition) is 1. The Morgan fingerprint density at radius 3 is 2.47 bits per heavy atom. The zero-order chi connectivity index (χ0) is 21.7. The predicted octanol–water partition coefficient (Wildman–Crippen LogP) is 5.50. The molecule has 7 nitrogen and oxygen atoms in total. The quantitative estimate of drug-likeness (QED) is 0.386. The smallest absolute Gasteiger partial charge is 0.293 e. The summed E-state index contributed by atoms with van der Waals surface area (Å²) < 4.78 is 34.3. The first-order valence-electron chi connectivity index (χ1n) is 9.82. The molecule has 0 saturated carbocycles. The molecule has 3 rings (SSSR count). The van der Waals surface area contributed by atoms with Crippen LogP contribution in [0.1, 0.15) is 50.1 Å². The number of benzene rings is 1. The van der Waals surface area contributed by atoms with Crippen molar-refractivity contribution in [3.63, 3.8) is 0 Å². The summed E-state index contributed by atoms with van der Waals surface area (Å²) in [5.41, 5.74) is 0.628. The highest BCUT2D eigenvalue weighted by molar-refractivity contribution is 9.10. The molecule has 0 aliphatic carbocycles. The average molecular weight is 514 g/mol. The molecule has 30 heavy (non-hydrogen) atoms. The van der Waals surface area contributed by atoms with Crippen LogP contribution in [0.2, 0.25) is 0 Å². The van der Waals surface area contributed by atoms with Gasteiger partial charge >= 0.3 is 0 Å². The number of hydrogen-bond acceptors (Lipinski definition) is 6. The first-order valence-corrected chi connectivity index (χ1v) is 12.9. The van der Waals surface area contributed by atoms with Gasteiger partial charge in [-0.3, -0.25) is 10.1 Å². The van der Waals surface area contributed by atoms with E-state index in [2.05, 4.69) is 26.2 Å². The first kappa shape index (κ1) is 22.9. The lowest BCUT2D eigenvalue weighted by atomic mass is 10.3. The Kier molecular flexibility index (Phi) is 7.67. The molecule has 3 aromatic rings. The fourth-order valence-corrected chi connectivity index (χ4v) is 5.71. The van der Waals surface area contributed by atoms with E-state index in [1.165, 1.54) is 11.3 Å². The molecule has 0 saturated heterocycles. The second-order valence-corrected chi connectivity index (χ2v) is 10.6. The van der Waals surface area contributed by atoms with Crippen molar-refractivity contribution >= 4 is 58.5 Å². The minimum absolute atomic E-state index is 0.159. The molecule has 2 heterocycles. The van der Waals surface area contributed by atoms with Crippen LogP contribution >= 0.6 is 27.3 Å². The van der Waals surface area contributed by atoms with Gasteiger partial charge < -0.3 is 4.42 Å². The van der Waals surface area contributed by atoms with Crippen molar-refractivity contribution in [3.05, 3.63) is 40.8 Å². The maximum Gasteiger partial charge on any atom is 0.293 e. The summed E-state index contributed by atoms with van der Waals surface area (Å²) in [7, 11) is -3.59. The topological polar surface area (TPSA) is 92.5 Å². The van der Waals surface area contributed by atoms with Crippen LogP contribution in [0, 0.1) is 0 Å². The number of carbonyl (C=O) groups excluding carboxylic acids is 1. The summed E-state index contributed by atoms with van der Waals surface area (Å²) >= 11 is 4.39. The van der Waals surface area contributed by atoms with Crippen LogP contribution in [0.4, 0.5) is 5.13 Å². The molecule has 2 aromatic heterocycles. The van der Waals surface area contributed by atoms with Gasteiger partial charge in [0, 0.05) is 13.1 Å². The summed E-state index contributed by atoms with van der Waals surface area (Å²) in [5.74, 6) is -0.259. The molecular weight excluding hydrogens is 490 g/mol. The molecule has 10 heteroatoms. The van der Waals surface area contributed by atoms with E-state index in [0.717, 1.165) is 25.7 Å². The molecule has 1 amide bonds. The average Bonchev–Trinajstić information content (AvgIpc) is 3.32. The van der Waals surface area contributed by atoms with E-state index >= 15 is 0 Å². The van der Waals surface area contributed by atoms with Crippen molar-refractivity contribution in [3.8, 4) is 0 Å². The van der Waals surface area contributed by atoms with Crippen LogP contribution in [0.15, 0.2) is 44.3 Å². The number of anilines is 1. The Labute approximate surface area is 188 Å². The molecule has 0 aliphatic heterocycles. The van der Waals surface area contributed by atoms with Gasteiger partial charge in [-0.05, 0) is 59.1 Å². The largest absolute Gasteiger partial charge is 0.444 e. The van der Waals surface area contributed by atoms with E-state index in [9.17, 15) is 13.2 Å². The molecule has 0 atom stereocenters. The van der Waals surface area contributed by atoms with Gasteiger partial charge in [0.1, 0.15) is 0 Å². The summed E-state index contributed by atoms with van der Waals surface area (Å²) in [5, 5.41) is 3.07. The highest BCUT2D eigenvalue weighted by Gasteiger charge is 2.24. The number of halogens is 1. The summed E-state index contributed by atoms with van der Waals surface area (Å²) in [6, 6.07) is 8.07. The molecule has 0 bridgehead atoms. The highest BCUT2D eigenvalue weighted by Crippen LogP contribution is 2.30. The van der Waals surface area contributed by atoms with Crippen LogP contribution in [0.3, 0.4) is 0 Å². The molecule has 0 aliphatic rings. The zero-order valence-electron chi connectivity index (χ0n) is 16.9. The Bertz CT molecular complexity index is 1120. The second-order valence-electron chi connectivity index (χ2n) is 6.82. The number of unbranched alkanes of at least 4 members (excludes halogenated alkanes) is 2. The van der Waals surface area contributed by atoms with Gasteiger partial charge in [0.2, 0.25) is 10.0 Å². The number of nitrogens with one attached hydrogen (secondary N) is 1. The molecule has 0 unspecified atom stereocenters. The lowest BCUT2D eigenvalue weighted by Gasteiger charge is -2.21. The number of furan rings is 1. The van der Waals surface area contributed by atoms with Crippen LogP contribution in [0.25, 0.3) is 10.2 Å². The van der Waals surface area contributed by atoms with E-state index in [-0.39, 0.29) is 10.7 Å². The van der Waals surface area contributed by atoms with Gasteiger partial charge in [-0.1, -0.05) is 38.0 Å². The van der Waals surface area contributed by atoms with Crippen LogP contribution in [-0.4, -0.2) is 36.7 Å². The molecule has 1 aromatic carbocycles. The standard InChI is InChI=1S/C20H24BrN3O4S2/c1-3-5-11-24(12-6-4-2)30(26,27)14-7-8-15-17(13-14)29-20(22-15)23-19(25)16-9-10-18(21)28-16/h7-10,13H,3-6,11-12H2,1-2H3,(H,22,23,25). The number of sulfonamides is 1. The van der Waals surface area contributed by atoms with E-state index in [4.69, 9.17) is 4.42 Å². The van der Waals surface area contributed by atoms with Gasteiger partial charge in [-0.2, -0.15) is 4.31 Å². The van der Waals surface area contributed by atoms with Crippen LogP contribution < -0.4 is 5.32 Å². The van der Waals surface area contributed by atoms with Crippen molar-refractivity contribution in [2.75, 3.05) is 18.4 Å². The van der Waals surface area contributed by atoms with E-state index in [1.54, 1.807) is 34.6 Å². The summed E-state index contributed by atoms with van der Waals surface area (Å²) in [6.45, 7) is 5.12. The number of fused-ring (bicyclic) bond motifs is 1.